The van der Waals surface area contributed by atoms with Gasteiger partial charge >= 0.3 is 0 Å². The van der Waals surface area contributed by atoms with Crippen molar-refractivity contribution in [3.8, 4) is 0 Å². The van der Waals surface area contributed by atoms with E-state index in [1.165, 1.54) is 12.0 Å². The Bertz CT molecular complexity index is 596. The summed E-state index contributed by atoms with van der Waals surface area (Å²) in [4.78, 5) is 14.1. The van der Waals surface area contributed by atoms with Crippen molar-refractivity contribution in [2.75, 3.05) is 26.3 Å². The largest absolute Gasteiger partial charge is 0.392 e. The maximum Gasteiger partial charge on any atom is 0.248 e. The van der Waals surface area contributed by atoms with Crippen LogP contribution in [0.1, 0.15) is 71.1 Å². The molecule has 0 spiro atoms. The van der Waals surface area contributed by atoms with Crippen LogP contribution >= 0.6 is 0 Å². The number of rotatable bonds is 11. The van der Waals surface area contributed by atoms with Crippen LogP contribution in [0, 0.1) is 17.8 Å². The van der Waals surface area contributed by atoms with Crippen molar-refractivity contribution in [3.63, 3.8) is 0 Å². The molecule has 1 aliphatic heterocycles. The molecule has 0 unspecified atom stereocenters. The zero-order valence-corrected chi connectivity index (χ0v) is 18.7. The van der Waals surface area contributed by atoms with Crippen LogP contribution in [0.15, 0.2) is 23.8 Å². The first kappa shape index (κ1) is 23.5. The SMILES string of the molecule is CCCCC[C@H](O)/C=C/[C@@H]1[C@H]2CC(CCOCC(=O)N3CCCCC3)=C[C@H]2C[C@H]1O. The van der Waals surface area contributed by atoms with Crippen LogP contribution in [0.4, 0.5) is 0 Å². The molecule has 0 radical (unpaired) electrons. The molecule has 0 aromatic rings. The van der Waals surface area contributed by atoms with Crippen molar-refractivity contribution in [1.82, 2.24) is 4.90 Å². The average molecular weight is 420 g/mol. The quantitative estimate of drug-likeness (QED) is 0.394. The smallest absolute Gasteiger partial charge is 0.248 e. The molecule has 2 fully saturated rings. The molecular formula is C25H41NO4. The molecule has 1 heterocycles. The molecule has 1 saturated heterocycles. The number of ether oxygens (including phenoxy) is 1. The first-order chi connectivity index (χ1) is 14.6. The monoisotopic (exact) mass is 419 g/mol. The van der Waals surface area contributed by atoms with Gasteiger partial charge in [-0.2, -0.15) is 0 Å². The molecule has 2 N–H and O–H groups in total. The van der Waals surface area contributed by atoms with E-state index in [2.05, 4.69) is 19.1 Å². The Hall–Kier alpha value is -1.17. The molecule has 1 saturated carbocycles. The van der Waals surface area contributed by atoms with Gasteiger partial charge in [0.25, 0.3) is 0 Å². The van der Waals surface area contributed by atoms with Gasteiger partial charge in [-0.15, -0.1) is 0 Å². The Kier molecular flexibility index (Phi) is 9.41. The Labute approximate surface area is 182 Å². The number of carbonyl (C=O) groups excluding carboxylic acids is 1. The van der Waals surface area contributed by atoms with E-state index < -0.39 is 6.10 Å². The van der Waals surface area contributed by atoms with Crippen LogP contribution < -0.4 is 0 Å². The van der Waals surface area contributed by atoms with Crippen molar-refractivity contribution < 1.29 is 19.7 Å². The van der Waals surface area contributed by atoms with E-state index in [0.29, 0.717) is 18.4 Å². The number of amides is 1. The minimum atomic E-state index is -0.400. The van der Waals surface area contributed by atoms with E-state index in [4.69, 9.17) is 4.74 Å². The molecule has 3 aliphatic rings. The van der Waals surface area contributed by atoms with E-state index in [-0.39, 0.29) is 24.5 Å². The summed E-state index contributed by atoms with van der Waals surface area (Å²) < 4.78 is 5.68. The second-order valence-corrected chi connectivity index (χ2v) is 9.43. The van der Waals surface area contributed by atoms with Gasteiger partial charge in [0.15, 0.2) is 0 Å². The lowest BCUT2D eigenvalue weighted by Gasteiger charge is -2.26. The van der Waals surface area contributed by atoms with Crippen molar-refractivity contribution in [2.45, 2.75) is 83.3 Å². The molecule has 30 heavy (non-hydrogen) atoms. The van der Waals surface area contributed by atoms with E-state index in [0.717, 1.165) is 70.9 Å². The Balaban J connectivity index is 1.37. The number of carbonyl (C=O) groups is 1. The summed E-state index contributed by atoms with van der Waals surface area (Å²) >= 11 is 0. The molecule has 2 aliphatic carbocycles. The molecule has 5 nitrogen and oxygen atoms in total. The number of allylic oxidation sites excluding steroid dienone is 1. The zero-order chi connectivity index (χ0) is 21.3. The maximum absolute atomic E-state index is 12.2. The van der Waals surface area contributed by atoms with Gasteiger partial charge in [-0.1, -0.05) is 50.0 Å². The zero-order valence-electron chi connectivity index (χ0n) is 18.7. The summed E-state index contributed by atoms with van der Waals surface area (Å²) in [7, 11) is 0. The van der Waals surface area contributed by atoms with Gasteiger partial charge in [0.2, 0.25) is 5.91 Å². The number of hydrogen-bond acceptors (Lipinski definition) is 4. The lowest BCUT2D eigenvalue weighted by Crippen LogP contribution is -2.38. The normalized spacial score (nSPS) is 30.0. The number of piperidine rings is 1. The van der Waals surface area contributed by atoms with Gasteiger partial charge in [-0.05, 0) is 56.8 Å². The lowest BCUT2D eigenvalue weighted by molar-refractivity contribution is -0.137. The van der Waals surface area contributed by atoms with Crippen LogP contribution in [-0.4, -0.2) is 59.5 Å². The standard InChI is InChI=1S/C25H41NO4/c1-2-3-5-8-21(27)9-10-22-23-16-19(15-20(23)17-24(22)28)11-14-30-18-25(29)26-12-6-4-7-13-26/h9-10,15,20-24,27-28H,2-8,11-14,16-18H2,1H3/b10-9+/t20-,21-,22+,23-,24+/m0/s1. The highest BCUT2D eigenvalue weighted by Gasteiger charge is 2.43. The van der Waals surface area contributed by atoms with Gasteiger partial charge in [0.05, 0.1) is 18.8 Å². The molecule has 0 bridgehead atoms. The molecular weight excluding hydrogens is 378 g/mol. The number of aliphatic hydroxyl groups excluding tert-OH is 2. The number of aliphatic hydroxyl groups is 2. The highest BCUT2D eigenvalue weighted by atomic mass is 16.5. The molecule has 5 heteroatoms. The summed E-state index contributed by atoms with van der Waals surface area (Å²) in [5.74, 6) is 1.12. The second-order valence-electron chi connectivity index (χ2n) is 9.43. The summed E-state index contributed by atoms with van der Waals surface area (Å²) in [5, 5.41) is 20.6. The molecule has 5 atom stereocenters. The first-order valence-corrected chi connectivity index (χ1v) is 12.2. The second kappa shape index (κ2) is 12.0. The fourth-order valence-corrected chi connectivity index (χ4v) is 5.34. The predicted octanol–water partition coefficient (Wildman–Crippen LogP) is 3.85. The van der Waals surface area contributed by atoms with E-state index in [9.17, 15) is 15.0 Å². The topological polar surface area (TPSA) is 70.0 Å². The number of unbranched alkanes of at least 4 members (excludes halogenated alkanes) is 2. The number of fused-ring (bicyclic) bond motifs is 1. The minimum Gasteiger partial charge on any atom is -0.392 e. The van der Waals surface area contributed by atoms with E-state index in [1.807, 2.05) is 11.0 Å². The van der Waals surface area contributed by atoms with Gasteiger partial charge in [0.1, 0.15) is 6.61 Å². The van der Waals surface area contributed by atoms with Crippen LogP contribution in [0.3, 0.4) is 0 Å². The van der Waals surface area contributed by atoms with Crippen LogP contribution in [-0.2, 0) is 9.53 Å². The fourth-order valence-electron chi connectivity index (χ4n) is 5.34. The van der Waals surface area contributed by atoms with Crippen LogP contribution in [0.5, 0.6) is 0 Å². The Morgan fingerprint density at radius 2 is 2.10 bits per heavy atom. The van der Waals surface area contributed by atoms with E-state index >= 15 is 0 Å². The molecule has 170 valence electrons. The third-order valence-corrected chi connectivity index (χ3v) is 7.11. The molecule has 1 amide bonds. The Morgan fingerprint density at radius 3 is 2.87 bits per heavy atom. The lowest BCUT2D eigenvalue weighted by atomic mass is 9.88. The summed E-state index contributed by atoms with van der Waals surface area (Å²) in [6, 6.07) is 0. The summed E-state index contributed by atoms with van der Waals surface area (Å²) in [5.41, 5.74) is 1.39. The average Bonchev–Trinajstić information content (AvgIpc) is 3.26. The number of nitrogens with zero attached hydrogens (tertiary/aromatic N) is 1. The predicted molar refractivity (Wildman–Crippen MR) is 119 cm³/mol. The van der Waals surface area contributed by atoms with Gasteiger partial charge in [0, 0.05) is 19.0 Å². The summed E-state index contributed by atoms with van der Waals surface area (Å²) in [6.45, 7) is 4.70. The van der Waals surface area contributed by atoms with Gasteiger partial charge in [-0.25, -0.2) is 0 Å². The highest BCUT2D eigenvalue weighted by molar-refractivity contribution is 5.77. The van der Waals surface area contributed by atoms with Gasteiger partial charge in [-0.3, -0.25) is 4.79 Å². The third-order valence-electron chi connectivity index (χ3n) is 7.11. The minimum absolute atomic E-state index is 0.123. The van der Waals surface area contributed by atoms with Crippen molar-refractivity contribution in [3.05, 3.63) is 23.8 Å². The van der Waals surface area contributed by atoms with Crippen molar-refractivity contribution >= 4 is 5.91 Å². The van der Waals surface area contributed by atoms with Gasteiger partial charge < -0.3 is 19.8 Å². The molecule has 3 rings (SSSR count). The van der Waals surface area contributed by atoms with Crippen LogP contribution in [0.2, 0.25) is 0 Å². The number of likely N-dealkylation sites (tertiary alicyclic amines) is 1. The van der Waals surface area contributed by atoms with E-state index in [1.54, 1.807) is 0 Å². The number of hydrogen-bond donors (Lipinski definition) is 2. The summed E-state index contributed by atoms with van der Waals surface area (Å²) in [6.07, 6.45) is 15.9. The molecule has 0 aromatic carbocycles. The van der Waals surface area contributed by atoms with Crippen molar-refractivity contribution in [2.24, 2.45) is 17.8 Å². The third kappa shape index (κ3) is 6.66. The van der Waals surface area contributed by atoms with Crippen molar-refractivity contribution in [1.29, 1.82) is 0 Å². The molecule has 0 aromatic heterocycles. The Morgan fingerprint density at radius 1 is 1.30 bits per heavy atom. The first-order valence-electron chi connectivity index (χ1n) is 12.2. The maximum atomic E-state index is 12.2. The highest BCUT2D eigenvalue weighted by Crippen LogP contribution is 2.47. The van der Waals surface area contributed by atoms with Crippen LogP contribution in [0.25, 0.3) is 0 Å². The fraction of sp³-hybridized carbons (Fsp3) is 0.800.